The van der Waals surface area contributed by atoms with Gasteiger partial charge in [-0.1, -0.05) is 0 Å². The number of carbonyl (C=O) groups is 1. The summed E-state index contributed by atoms with van der Waals surface area (Å²) in [6.45, 7) is 0.365. The van der Waals surface area contributed by atoms with Crippen molar-refractivity contribution in [1.29, 1.82) is 0 Å². The predicted octanol–water partition coefficient (Wildman–Crippen LogP) is 1.39. The van der Waals surface area contributed by atoms with E-state index in [2.05, 4.69) is 0 Å². The first-order chi connectivity index (χ1) is 8.90. The summed E-state index contributed by atoms with van der Waals surface area (Å²) in [7, 11) is 1.48. The molecule has 1 aliphatic rings. The van der Waals surface area contributed by atoms with Crippen molar-refractivity contribution in [3.05, 3.63) is 29.3 Å². The minimum Gasteiger partial charge on any atom is -0.396 e. The Bertz CT molecular complexity index is 502. The fourth-order valence-electron chi connectivity index (χ4n) is 2.28. The van der Waals surface area contributed by atoms with E-state index in [4.69, 9.17) is 5.73 Å². The van der Waals surface area contributed by atoms with Crippen LogP contribution >= 0.6 is 0 Å². The molecule has 0 atom stereocenters. The van der Waals surface area contributed by atoms with Crippen LogP contribution < -0.4 is 5.73 Å². The van der Waals surface area contributed by atoms with Crippen LogP contribution in [0.1, 0.15) is 23.2 Å². The van der Waals surface area contributed by atoms with Crippen LogP contribution in [0.15, 0.2) is 12.1 Å². The fourth-order valence-corrected chi connectivity index (χ4v) is 2.28. The smallest absolute Gasteiger partial charge is 0.259 e. The minimum atomic E-state index is -1.02. The molecule has 0 aromatic heterocycles. The molecule has 1 amide bonds. The molecule has 3 N–H and O–H groups in total. The van der Waals surface area contributed by atoms with Crippen molar-refractivity contribution in [2.24, 2.45) is 5.92 Å². The predicted molar refractivity (Wildman–Crippen MR) is 66.5 cm³/mol. The summed E-state index contributed by atoms with van der Waals surface area (Å²) < 4.78 is 27.3. The van der Waals surface area contributed by atoms with E-state index < -0.39 is 23.1 Å². The molecule has 0 saturated heterocycles. The molecule has 1 fully saturated rings. The quantitative estimate of drug-likeness (QED) is 0.816. The Balaban J connectivity index is 2.13. The number of aliphatic hydroxyl groups excluding tert-OH is 1. The molecule has 19 heavy (non-hydrogen) atoms. The molecule has 6 heteroatoms. The number of nitrogen functional groups attached to an aromatic ring is 1. The Morgan fingerprint density at radius 2 is 2.11 bits per heavy atom. The Morgan fingerprint density at radius 1 is 1.47 bits per heavy atom. The monoisotopic (exact) mass is 270 g/mol. The number of halogens is 2. The summed E-state index contributed by atoms with van der Waals surface area (Å²) in [4.78, 5) is 13.3. The molecule has 0 unspecified atom stereocenters. The zero-order valence-corrected chi connectivity index (χ0v) is 10.6. The molecule has 2 rings (SSSR count). The Hall–Kier alpha value is -1.69. The van der Waals surface area contributed by atoms with E-state index in [1.54, 1.807) is 0 Å². The van der Waals surface area contributed by atoms with Crippen LogP contribution in [-0.2, 0) is 0 Å². The number of rotatable bonds is 3. The van der Waals surface area contributed by atoms with E-state index in [0.29, 0.717) is 19.4 Å². The van der Waals surface area contributed by atoms with E-state index >= 15 is 0 Å². The molecule has 104 valence electrons. The Labute approximate surface area is 109 Å². The van der Waals surface area contributed by atoms with Crippen molar-refractivity contribution in [3.63, 3.8) is 0 Å². The van der Waals surface area contributed by atoms with Gasteiger partial charge in [0, 0.05) is 13.6 Å². The summed E-state index contributed by atoms with van der Waals surface area (Å²) in [5.41, 5.74) is 4.46. The molecule has 0 bridgehead atoms. The molecule has 0 spiro atoms. The summed E-state index contributed by atoms with van der Waals surface area (Å²) in [5.74, 6) is -2.50. The first-order valence-corrected chi connectivity index (χ1v) is 6.07. The maximum Gasteiger partial charge on any atom is 0.259 e. The SMILES string of the molecule is CN(CC1CC(O)C1)C(=O)c1c(F)ccc(N)c1F. The Kier molecular flexibility index (Phi) is 3.71. The van der Waals surface area contributed by atoms with Gasteiger partial charge in [-0.05, 0) is 30.9 Å². The third-order valence-electron chi connectivity index (χ3n) is 3.42. The van der Waals surface area contributed by atoms with Crippen LogP contribution in [0.4, 0.5) is 14.5 Å². The van der Waals surface area contributed by atoms with E-state index in [1.165, 1.54) is 11.9 Å². The van der Waals surface area contributed by atoms with Gasteiger partial charge in [0.2, 0.25) is 0 Å². The topological polar surface area (TPSA) is 66.6 Å². The van der Waals surface area contributed by atoms with Crippen molar-refractivity contribution in [2.75, 3.05) is 19.3 Å². The van der Waals surface area contributed by atoms with Crippen LogP contribution in [0.2, 0.25) is 0 Å². The van der Waals surface area contributed by atoms with Crippen LogP contribution in [-0.4, -0.2) is 35.6 Å². The Morgan fingerprint density at radius 3 is 2.68 bits per heavy atom. The average Bonchev–Trinajstić information content (AvgIpc) is 2.32. The molecule has 1 saturated carbocycles. The van der Waals surface area contributed by atoms with Crippen LogP contribution in [0.5, 0.6) is 0 Å². The highest BCUT2D eigenvalue weighted by atomic mass is 19.1. The summed E-state index contributed by atoms with van der Waals surface area (Å²) in [5, 5.41) is 9.17. The van der Waals surface area contributed by atoms with Gasteiger partial charge < -0.3 is 15.7 Å². The number of nitrogens with two attached hydrogens (primary N) is 1. The fraction of sp³-hybridized carbons (Fsp3) is 0.462. The van der Waals surface area contributed by atoms with Gasteiger partial charge in [0.25, 0.3) is 5.91 Å². The van der Waals surface area contributed by atoms with Crippen molar-refractivity contribution >= 4 is 11.6 Å². The molecule has 1 aromatic rings. The molecule has 0 heterocycles. The van der Waals surface area contributed by atoms with Gasteiger partial charge >= 0.3 is 0 Å². The second kappa shape index (κ2) is 5.13. The third kappa shape index (κ3) is 2.68. The number of anilines is 1. The van der Waals surface area contributed by atoms with Crippen LogP contribution in [0.3, 0.4) is 0 Å². The van der Waals surface area contributed by atoms with Gasteiger partial charge in [-0.3, -0.25) is 4.79 Å². The van der Waals surface area contributed by atoms with E-state index in [9.17, 15) is 18.7 Å². The number of amides is 1. The lowest BCUT2D eigenvalue weighted by Gasteiger charge is -2.34. The lowest BCUT2D eigenvalue weighted by molar-refractivity contribution is 0.0263. The normalized spacial score (nSPS) is 21.9. The van der Waals surface area contributed by atoms with Crippen molar-refractivity contribution < 1.29 is 18.7 Å². The average molecular weight is 270 g/mol. The minimum absolute atomic E-state index is 0.177. The van der Waals surface area contributed by atoms with Crippen molar-refractivity contribution in [2.45, 2.75) is 18.9 Å². The number of hydrogen-bond donors (Lipinski definition) is 2. The molecular formula is C13H16F2N2O2. The highest BCUT2D eigenvalue weighted by Gasteiger charge is 2.30. The van der Waals surface area contributed by atoms with Crippen molar-refractivity contribution in [1.82, 2.24) is 4.90 Å². The van der Waals surface area contributed by atoms with E-state index in [-0.39, 0.29) is 17.7 Å². The largest absolute Gasteiger partial charge is 0.396 e. The van der Waals surface area contributed by atoms with Gasteiger partial charge in [0.05, 0.1) is 11.8 Å². The molecule has 1 aliphatic carbocycles. The lowest BCUT2D eigenvalue weighted by atomic mass is 9.82. The first kappa shape index (κ1) is 13.7. The summed E-state index contributed by atoms with van der Waals surface area (Å²) >= 11 is 0. The number of benzene rings is 1. The van der Waals surface area contributed by atoms with Gasteiger partial charge in [0.1, 0.15) is 11.4 Å². The first-order valence-electron chi connectivity index (χ1n) is 6.07. The molecular weight excluding hydrogens is 254 g/mol. The third-order valence-corrected chi connectivity index (χ3v) is 3.42. The number of hydrogen-bond acceptors (Lipinski definition) is 3. The number of nitrogens with zero attached hydrogens (tertiary/aromatic N) is 1. The van der Waals surface area contributed by atoms with E-state index in [1.807, 2.05) is 0 Å². The second-order valence-corrected chi connectivity index (χ2v) is 5.00. The van der Waals surface area contributed by atoms with Crippen molar-refractivity contribution in [3.8, 4) is 0 Å². The van der Waals surface area contributed by atoms with Gasteiger partial charge in [-0.15, -0.1) is 0 Å². The number of carbonyl (C=O) groups excluding carboxylic acids is 1. The summed E-state index contributed by atoms with van der Waals surface area (Å²) in [6.07, 6.45) is 0.897. The van der Waals surface area contributed by atoms with Gasteiger partial charge in [-0.2, -0.15) is 0 Å². The van der Waals surface area contributed by atoms with E-state index in [0.717, 1.165) is 12.1 Å². The van der Waals surface area contributed by atoms with Gasteiger partial charge in [0.15, 0.2) is 5.82 Å². The second-order valence-electron chi connectivity index (χ2n) is 5.00. The molecule has 1 aromatic carbocycles. The summed E-state index contributed by atoms with van der Waals surface area (Å²) in [6, 6.07) is 2.07. The molecule has 0 aliphatic heterocycles. The lowest BCUT2D eigenvalue weighted by Crippen LogP contribution is -2.40. The van der Waals surface area contributed by atoms with Crippen LogP contribution in [0.25, 0.3) is 0 Å². The standard InChI is InChI=1S/C13H16F2N2O2/c1-17(6-7-4-8(18)5-7)13(19)11-9(14)2-3-10(16)12(11)15/h2-3,7-8,18H,4-6,16H2,1H3. The zero-order chi connectivity index (χ0) is 14.2. The zero-order valence-electron chi connectivity index (χ0n) is 10.6. The maximum atomic E-state index is 13.7. The molecule has 4 nitrogen and oxygen atoms in total. The van der Waals surface area contributed by atoms with Gasteiger partial charge in [-0.25, -0.2) is 8.78 Å². The van der Waals surface area contributed by atoms with Crippen LogP contribution in [0, 0.1) is 17.6 Å². The number of aliphatic hydroxyl groups is 1. The highest BCUT2D eigenvalue weighted by molar-refractivity contribution is 5.95. The molecule has 0 radical (unpaired) electrons. The highest BCUT2D eigenvalue weighted by Crippen LogP contribution is 2.28. The maximum absolute atomic E-state index is 13.7.